The van der Waals surface area contributed by atoms with Crippen molar-refractivity contribution in [2.45, 2.75) is 39.5 Å². The van der Waals surface area contributed by atoms with Gasteiger partial charge in [0.15, 0.2) is 0 Å². The molecule has 0 aliphatic carbocycles. The highest BCUT2D eigenvalue weighted by atomic mass is 16.4. The van der Waals surface area contributed by atoms with Gasteiger partial charge in [-0.3, -0.25) is 4.79 Å². The maximum atomic E-state index is 14.0. The van der Waals surface area contributed by atoms with E-state index in [1.165, 1.54) is 0 Å². The third-order valence-corrected chi connectivity index (χ3v) is 7.90. The molecule has 0 saturated heterocycles. The molecule has 0 atom stereocenters. The summed E-state index contributed by atoms with van der Waals surface area (Å²) in [6, 6.07) is 23.1. The number of para-hydroxylation sites is 1. The molecule has 0 aromatic heterocycles. The monoisotopic (exact) mass is 514 g/mol. The topological polar surface area (TPSA) is 92.4 Å². The third-order valence-electron chi connectivity index (χ3n) is 7.90. The highest BCUT2D eigenvalue weighted by Gasteiger charge is 2.24. The predicted octanol–water partition coefficient (Wildman–Crippen LogP) is 8.52. The Morgan fingerprint density at radius 3 is 1.77 bits per heavy atom. The number of carboxylic acid groups (broad SMARTS) is 1. The second-order valence-electron chi connectivity index (χ2n) is 10.9. The van der Waals surface area contributed by atoms with Crippen LogP contribution in [0.2, 0.25) is 0 Å². The van der Waals surface area contributed by atoms with Crippen LogP contribution in [-0.4, -0.2) is 17.0 Å². The van der Waals surface area contributed by atoms with E-state index in [1.807, 2.05) is 60.7 Å². The number of benzene rings is 6. The van der Waals surface area contributed by atoms with Crippen LogP contribution in [0.25, 0.3) is 43.1 Å². The van der Waals surface area contributed by atoms with Gasteiger partial charge in [0, 0.05) is 27.7 Å². The van der Waals surface area contributed by atoms with Crippen molar-refractivity contribution in [3.05, 3.63) is 95.1 Å². The van der Waals surface area contributed by atoms with Crippen molar-refractivity contribution in [2.24, 2.45) is 0 Å². The van der Waals surface area contributed by atoms with Gasteiger partial charge in [0.2, 0.25) is 0 Å². The fraction of sp³-hybridized carbons (Fsp3) is 0.176. The Bertz CT molecular complexity index is 1910. The molecular formula is C34H30N2O3. The first kappa shape index (κ1) is 24.7. The van der Waals surface area contributed by atoms with Crippen LogP contribution in [0.1, 0.15) is 71.4 Å². The summed E-state index contributed by atoms with van der Waals surface area (Å²) < 4.78 is 0. The van der Waals surface area contributed by atoms with E-state index in [2.05, 4.69) is 33.0 Å². The summed E-state index contributed by atoms with van der Waals surface area (Å²) in [5.74, 6) is -0.985. The average Bonchev–Trinajstić information content (AvgIpc) is 2.91. The van der Waals surface area contributed by atoms with Crippen LogP contribution >= 0.6 is 0 Å². The van der Waals surface area contributed by atoms with Crippen molar-refractivity contribution in [3.8, 4) is 0 Å². The van der Waals surface area contributed by atoms with Gasteiger partial charge in [0.25, 0.3) is 5.91 Å². The molecule has 0 radical (unpaired) electrons. The van der Waals surface area contributed by atoms with Crippen molar-refractivity contribution in [3.63, 3.8) is 0 Å². The van der Waals surface area contributed by atoms with Crippen LogP contribution in [0.3, 0.4) is 0 Å². The SMILES string of the molecule is CC(C)c1cccc(C(C)C)c1NC(=O)c1ccc2c3cccc4c(N)ccc(c5ccc(C(=O)O)c1c52)c43. The Morgan fingerprint density at radius 1 is 0.641 bits per heavy atom. The lowest BCUT2D eigenvalue weighted by Crippen LogP contribution is -2.17. The summed E-state index contributed by atoms with van der Waals surface area (Å²) in [5, 5.41) is 20.4. The van der Waals surface area contributed by atoms with Gasteiger partial charge in [-0.2, -0.15) is 0 Å². The molecule has 4 N–H and O–H groups in total. The largest absolute Gasteiger partial charge is 0.478 e. The number of hydrogen-bond acceptors (Lipinski definition) is 3. The van der Waals surface area contributed by atoms with Crippen LogP contribution in [0.4, 0.5) is 11.4 Å². The second kappa shape index (κ2) is 8.98. The molecule has 0 aliphatic heterocycles. The molecule has 0 aliphatic rings. The van der Waals surface area contributed by atoms with E-state index in [9.17, 15) is 14.7 Å². The number of carbonyl (C=O) groups excluding carboxylic acids is 1. The summed E-state index contributed by atoms with van der Waals surface area (Å²) in [6.45, 7) is 8.41. The molecule has 0 unspecified atom stereocenters. The van der Waals surface area contributed by atoms with E-state index in [0.29, 0.717) is 16.6 Å². The quantitative estimate of drug-likeness (QED) is 0.122. The highest BCUT2D eigenvalue weighted by Crippen LogP contribution is 2.43. The molecule has 0 heterocycles. The van der Waals surface area contributed by atoms with Crippen LogP contribution in [0.15, 0.2) is 72.8 Å². The normalized spacial score (nSPS) is 11.9. The van der Waals surface area contributed by atoms with Gasteiger partial charge in [0.05, 0.1) is 5.56 Å². The maximum absolute atomic E-state index is 14.0. The van der Waals surface area contributed by atoms with Crippen molar-refractivity contribution in [1.82, 2.24) is 0 Å². The van der Waals surface area contributed by atoms with Gasteiger partial charge in [-0.15, -0.1) is 0 Å². The van der Waals surface area contributed by atoms with Gasteiger partial charge in [-0.25, -0.2) is 4.79 Å². The van der Waals surface area contributed by atoms with Gasteiger partial charge in [-0.05, 0) is 73.5 Å². The van der Waals surface area contributed by atoms with Crippen molar-refractivity contribution >= 4 is 66.3 Å². The summed E-state index contributed by atoms with van der Waals surface area (Å²) in [4.78, 5) is 26.5. The minimum atomic E-state index is -1.07. The van der Waals surface area contributed by atoms with Gasteiger partial charge in [-0.1, -0.05) is 82.3 Å². The zero-order valence-corrected chi connectivity index (χ0v) is 22.4. The molecule has 1 amide bonds. The fourth-order valence-electron chi connectivity index (χ4n) is 6.07. The van der Waals surface area contributed by atoms with E-state index in [0.717, 1.165) is 54.5 Å². The average molecular weight is 515 g/mol. The summed E-state index contributed by atoms with van der Waals surface area (Å²) in [6.07, 6.45) is 0. The van der Waals surface area contributed by atoms with E-state index in [-0.39, 0.29) is 23.3 Å². The summed E-state index contributed by atoms with van der Waals surface area (Å²) >= 11 is 0. The zero-order valence-electron chi connectivity index (χ0n) is 22.4. The second-order valence-corrected chi connectivity index (χ2v) is 10.9. The molecule has 0 spiro atoms. The molecule has 0 bridgehead atoms. The zero-order chi connectivity index (χ0) is 27.6. The molecule has 5 nitrogen and oxygen atoms in total. The molecule has 0 fully saturated rings. The lowest BCUT2D eigenvalue weighted by Gasteiger charge is -2.21. The molecule has 194 valence electrons. The molecule has 6 rings (SSSR count). The molecule has 0 saturated carbocycles. The van der Waals surface area contributed by atoms with Gasteiger partial charge in [0.1, 0.15) is 0 Å². The number of nitrogen functional groups attached to an aromatic ring is 1. The molecular weight excluding hydrogens is 484 g/mol. The van der Waals surface area contributed by atoms with Crippen molar-refractivity contribution in [2.75, 3.05) is 11.1 Å². The van der Waals surface area contributed by atoms with E-state index in [1.54, 1.807) is 12.1 Å². The third kappa shape index (κ3) is 3.68. The molecule has 6 aromatic rings. The number of anilines is 2. The molecule has 5 heteroatoms. The number of fused-ring (bicyclic) bond motifs is 2. The number of aromatic carboxylic acids is 1. The number of carbonyl (C=O) groups is 2. The predicted molar refractivity (Wildman–Crippen MR) is 162 cm³/mol. The van der Waals surface area contributed by atoms with Crippen LogP contribution in [-0.2, 0) is 0 Å². The van der Waals surface area contributed by atoms with E-state index < -0.39 is 5.97 Å². The number of carboxylic acids is 1. The standard InChI is InChI=1S/C34H30N2O3/c1-17(2)19-7-5-8-20(18(3)4)32(19)36-33(37)26-13-11-23-21-9-6-10-25-28(35)16-15-22(29(21)25)24-12-14-27(34(38)39)31(26)30(23)24/h5-18H,35H2,1-4H3,(H,36,37)(H,38,39). The first-order valence-electron chi connectivity index (χ1n) is 13.3. The number of amides is 1. The minimum Gasteiger partial charge on any atom is -0.478 e. The molecule has 39 heavy (non-hydrogen) atoms. The summed E-state index contributed by atoms with van der Waals surface area (Å²) in [5.41, 5.74) is 10.4. The lowest BCUT2D eigenvalue weighted by molar-refractivity contribution is 0.0699. The van der Waals surface area contributed by atoms with E-state index >= 15 is 0 Å². The maximum Gasteiger partial charge on any atom is 0.336 e. The Labute approximate surface area is 226 Å². The Kier molecular flexibility index (Phi) is 5.69. The Morgan fingerprint density at radius 2 is 1.15 bits per heavy atom. The Balaban J connectivity index is 1.67. The number of nitrogens with one attached hydrogen (secondary N) is 1. The summed E-state index contributed by atoms with van der Waals surface area (Å²) in [7, 11) is 0. The minimum absolute atomic E-state index is 0.105. The van der Waals surface area contributed by atoms with Gasteiger partial charge >= 0.3 is 5.97 Å². The smallest absolute Gasteiger partial charge is 0.336 e. The van der Waals surface area contributed by atoms with Crippen molar-refractivity contribution in [1.29, 1.82) is 0 Å². The highest BCUT2D eigenvalue weighted by molar-refractivity contribution is 6.37. The molecule has 6 aromatic carbocycles. The van der Waals surface area contributed by atoms with Crippen molar-refractivity contribution < 1.29 is 14.7 Å². The van der Waals surface area contributed by atoms with Gasteiger partial charge < -0.3 is 16.2 Å². The van der Waals surface area contributed by atoms with Crippen LogP contribution < -0.4 is 11.1 Å². The first-order chi connectivity index (χ1) is 18.7. The van der Waals surface area contributed by atoms with Crippen LogP contribution in [0, 0.1) is 0 Å². The number of hydrogen-bond donors (Lipinski definition) is 3. The fourth-order valence-corrected chi connectivity index (χ4v) is 6.07. The lowest BCUT2D eigenvalue weighted by atomic mass is 9.86. The Hall–Kier alpha value is -4.64. The van der Waals surface area contributed by atoms with Crippen LogP contribution in [0.5, 0.6) is 0 Å². The first-order valence-corrected chi connectivity index (χ1v) is 13.3. The number of nitrogens with two attached hydrogens (primary N) is 1. The van der Waals surface area contributed by atoms with E-state index in [4.69, 9.17) is 5.73 Å². The number of rotatable bonds is 5.